The van der Waals surface area contributed by atoms with Crippen LogP contribution in [0.3, 0.4) is 0 Å². The first-order chi connectivity index (χ1) is 16.6. The summed E-state index contributed by atoms with van der Waals surface area (Å²) in [6.45, 7) is 7.91. The Morgan fingerprint density at radius 1 is 1.23 bits per heavy atom. The van der Waals surface area contributed by atoms with Gasteiger partial charge in [0.25, 0.3) is 0 Å². The van der Waals surface area contributed by atoms with Crippen LogP contribution in [0.4, 0.5) is 4.79 Å². The molecule has 1 N–H and O–H groups in total. The summed E-state index contributed by atoms with van der Waals surface area (Å²) in [4.78, 5) is 26.9. The highest BCUT2D eigenvalue weighted by molar-refractivity contribution is 5.91. The zero-order valence-electron chi connectivity index (χ0n) is 21.4. The molecule has 5 rings (SSSR count). The number of amides is 2. The van der Waals surface area contributed by atoms with Crippen LogP contribution in [0.1, 0.15) is 70.4 Å². The van der Waals surface area contributed by atoms with Gasteiger partial charge in [-0.2, -0.15) is 0 Å². The number of methoxy groups -OCH3 is 1. The van der Waals surface area contributed by atoms with Crippen LogP contribution in [0, 0.1) is 0 Å². The Morgan fingerprint density at radius 2 is 2.00 bits per heavy atom. The number of carbonyl (C=O) groups is 2. The van der Waals surface area contributed by atoms with Gasteiger partial charge >= 0.3 is 6.09 Å². The topological polar surface area (TPSA) is 77.1 Å². The Kier molecular flexibility index (Phi) is 5.85. The van der Waals surface area contributed by atoms with E-state index in [4.69, 9.17) is 14.2 Å². The van der Waals surface area contributed by atoms with E-state index >= 15 is 0 Å². The number of likely N-dealkylation sites (tertiary alicyclic amines) is 1. The van der Waals surface area contributed by atoms with Crippen molar-refractivity contribution in [3.8, 4) is 11.5 Å². The van der Waals surface area contributed by atoms with Gasteiger partial charge in [0.15, 0.2) is 0 Å². The van der Waals surface area contributed by atoms with Gasteiger partial charge in [-0.15, -0.1) is 0 Å². The molecule has 0 radical (unpaired) electrons. The molecule has 188 valence electrons. The van der Waals surface area contributed by atoms with Crippen molar-refractivity contribution in [1.82, 2.24) is 10.2 Å². The fourth-order valence-corrected chi connectivity index (χ4v) is 5.60. The number of aryl methyl sites for hydroxylation is 1. The minimum Gasteiger partial charge on any atom is -0.497 e. The number of hydrogen-bond donors (Lipinski definition) is 1. The highest BCUT2D eigenvalue weighted by Crippen LogP contribution is 2.52. The monoisotopic (exact) mass is 480 g/mol. The largest absolute Gasteiger partial charge is 0.497 e. The summed E-state index contributed by atoms with van der Waals surface area (Å²) < 4.78 is 17.6. The molecule has 7 nitrogen and oxygen atoms in total. The zero-order chi connectivity index (χ0) is 25.0. The molecule has 1 saturated heterocycles. The zero-order valence-corrected chi connectivity index (χ0v) is 21.4. The molecule has 2 heterocycles. The van der Waals surface area contributed by atoms with Gasteiger partial charge in [0.2, 0.25) is 5.91 Å². The average molecular weight is 481 g/mol. The normalized spacial score (nSPS) is 23.7. The van der Waals surface area contributed by atoms with Gasteiger partial charge < -0.3 is 24.4 Å². The van der Waals surface area contributed by atoms with Crippen molar-refractivity contribution in [2.45, 2.75) is 83.0 Å². The lowest BCUT2D eigenvalue weighted by Crippen LogP contribution is -2.46. The highest BCUT2D eigenvalue weighted by atomic mass is 16.6. The number of nitrogens with zero attached hydrogens (tertiary/aromatic N) is 1. The lowest BCUT2D eigenvalue weighted by atomic mass is 9.85. The second-order valence-electron chi connectivity index (χ2n) is 11.4. The van der Waals surface area contributed by atoms with E-state index in [1.54, 1.807) is 27.9 Å². The first-order valence-electron chi connectivity index (χ1n) is 12.7. The number of carbonyl (C=O) groups excluding carboxylic acids is 2. The summed E-state index contributed by atoms with van der Waals surface area (Å²) in [5.74, 6) is 2.32. The third kappa shape index (κ3) is 4.78. The minimum absolute atomic E-state index is 0.0365. The summed E-state index contributed by atoms with van der Waals surface area (Å²) >= 11 is 0. The summed E-state index contributed by atoms with van der Waals surface area (Å²) in [5, 5.41) is 5.03. The molecule has 0 aromatic heterocycles. The minimum atomic E-state index is -0.602. The molecule has 0 unspecified atom stereocenters. The third-order valence-corrected chi connectivity index (χ3v) is 7.36. The summed E-state index contributed by atoms with van der Waals surface area (Å²) in [5.41, 5.74) is 1.57. The molecule has 35 heavy (non-hydrogen) atoms. The van der Waals surface area contributed by atoms with Crippen LogP contribution in [0.25, 0.3) is 10.8 Å². The fraction of sp³-hybridized carbons (Fsp3) is 0.571. The van der Waals surface area contributed by atoms with Crippen LogP contribution in [-0.4, -0.2) is 54.3 Å². The number of alkyl carbamates (subject to hydrolysis) is 1. The molecule has 7 heteroatoms. The van der Waals surface area contributed by atoms with E-state index in [-0.39, 0.29) is 18.5 Å². The molecule has 2 atom stereocenters. The molecule has 3 aliphatic rings. The highest BCUT2D eigenvalue weighted by Gasteiger charge is 2.49. The lowest BCUT2D eigenvalue weighted by molar-refractivity contribution is -0.131. The summed E-state index contributed by atoms with van der Waals surface area (Å²) in [6, 6.07) is 8.59. The molecular formula is C28H36N2O5. The fourth-order valence-electron chi connectivity index (χ4n) is 5.60. The van der Waals surface area contributed by atoms with Crippen molar-refractivity contribution in [2.75, 3.05) is 20.2 Å². The van der Waals surface area contributed by atoms with E-state index in [9.17, 15) is 9.59 Å². The molecular weight excluding hydrogens is 444 g/mol. The first kappa shape index (κ1) is 23.8. The maximum absolute atomic E-state index is 13.0. The van der Waals surface area contributed by atoms with Crippen molar-refractivity contribution in [3.05, 3.63) is 35.4 Å². The van der Waals surface area contributed by atoms with Crippen molar-refractivity contribution in [2.24, 2.45) is 0 Å². The number of benzene rings is 2. The van der Waals surface area contributed by atoms with Crippen LogP contribution in [0.15, 0.2) is 24.3 Å². The van der Waals surface area contributed by atoms with Crippen molar-refractivity contribution in [3.63, 3.8) is 0 Å². The smallest absolute Gasteiger partial charge is 0.408 e. The predicted molar refractivity (Wildman–Crippen MR) is 134 cm³/mol. The molecule has 2 aromatic carbocycles. The number of fused-ring (bicyclic) bond motifs is 3. The van der Waals surface area contributed by atoms with Crippen LogP contribution in [0.2, 0.25) is 0 Å². The summed E-state index contributed by atoms with van der Waals surface area (Å²) in [7, 11) is 1.70. The average Bonchev–Trinajstić information content (AvgIpc) is 3.59. The van der Waals surface area contributed by atoms with Gasteiger partial charge in [-0.1, -0.05) is 6.07 Å². The molecule has 1 spiro atoms. The number of nitrogens with one attached hydrogen (secondary N) is 1. The van der Waals surface area contributed by atoms with E-state index in [0.717, 1.165) is 30.8 Å². The van der Waals surface area contributed by atoms with Gasteiger partial charge in [0, 0.05) is 18.0 Å². The Balaban J connectivity index is 1.36. The predicted octanol–water partition coefficient (Wildman–Crippen LogP) is 4.94. The maximum Gasteiger partial charge on any atom is 0.408 e. The van der Waals surface area contributed by atoms with E-state index < -0.39 is 17.3 Å². The van der Waals surface area contributed by atoms with Crippen LogP contribution in [-0.2, 0) is 16.0 Å². The Bertz CT molecular complexity index is 1170. The van der Waals surface area contributed by atoms with Gasteiger partial charge in [-0.3, -0.25) is 4.79 Å². The Morgan fingerprint density at radius 3 is 2.69 bits per heavy atom. The van der Waals surface area contributed by atoms with Crippen LogP contribution < -0.4 is 14.8 Å². The van der Waals surface area contributed by atoms with Gasteiger partial charge in [-0.25, -0.2) is 4.79 Å². The van der Waals surface area contributed by atoms with E-state index in [1.807, 2.05) is 11.0 Å². The molecule has 0 bridgehead atoms. The molecule has 2 fully saturated rings. The third-order valence-electron chi connectivity index (χ3n) is 7.36. The molecule has 1 saturated carbocycles. The van der Waals surface area contributed by atoms with Gasteiger partial charge in [0.05, 0.1) is 13.7 Å². The number of rotatable bonds is 4. The molecule has 2 aromatic rings. The Hall–Kier alpha value is -2.96. The number of ether oxygens (including phenoxy) is 3. The van der Waals surface area contributed by atoms with Crippen LogP contribution in [0.5, 0.6) is 11.5 Å². The molecule has 1 aliphatic carbocycles. The Labute approximate surface area is 207 Å². The van der Waals surface area contributed by atoms with Crippen LogP contribution >= 0.6 is 0 Å². The lowest BCUT2D eigenvalue weighted by Gasteiger charge is -2.37. The van der Waals surface area contributed by atoms with Crippen molar-refractivity contribution < 1.29 is 23.8 Å². The quantitative estimate of drug-likeness (QED) is 0.671. The summed E-state index contributed by atoms with van der Waals surface area (Å²) in [6.07, 6.45) is 4.36. The van der Waals surface area contributed by atoms with Gasteiger partial charge in [0.1, 0.15) is 29.2 Å². The molecule has 2 amide bonds. The second kappa shape index (κ2) is 8.61. The molecule has 2 aliphatic heterocycles. The second-order valence-corrected chi connectivity index (χ2v) is 11.4. The standard InChI is InChI=1S/C28H36N2O5/c1-17-14-28(16-30(17)24(31)15-29-26(32)35-27(2,3)4)11-10-21-22-13-20(33-5)9-8-19(22)12-23(18-6-7-18)25(21)34-28/h8-9,12-13,17-18H,6-7,10-11,14-16H2,1-5H3,(H,29,32)/t17-,28-/m1/s1. The number of hydrogen-bond acceptors (Lipinski definition) is 5. The van der Waals surface area contributed by atoms with Crippen molar-refractivity contribution in [1.29, 1.82) is 0 Å². The first-order valence-corrected chi connectivity index (χ1v) is 12.7. The maximum atomic E-state index is 13.0. The van der Waals surface area contributed by atoms with Gasteiger partial charge in [-0.05, 0) is 93.8 Å². The SMILES string of the molecule is COc1ccc2cc(C3CC3)c3c(c2c1)CC[C@]1(C[C@@H](C)N(C(=O)CNC(=O)OC(C)(C)C)C1)O3. The van der Waals surface area contributed by atoms with E-state index in [2.05, 4.69) is 30.4 Å². The van der Waals surface area contributed by atoms with E-state index in [1.165, 1.54) is 34.7 Å². The van der Waals surface area contributed by atoms with Crippen molar-refractivity contribution >= 4 is 22.8 Å². The van der Waals surface area contributed by atoms with E-state index in [0.29, 0.717) is 12.5 Å².